The molecule has 0 N–H and O–H groups in total. The maximum absolute atomic E-state index is 6.44. The summed E-state index contributed by atoms with van der Waals surface area (Å²) in [4.78, 5) is 0. The molecule has 0 amide bonds. The molecular weight excluding hydrogens is 428 g/mol. The van der Waals surface area contributed by atoms with Crippen molar-refractivity contribution in [1.29, 1.82) is 0 Å². The molecule has 5 aromatic carbocycles. The second-order valence-corrected chi connectivity index (χ2v) is 9.27. The van der Waals surface area contributed by atoms with Crippen LogP contribution in [0.2, 0.25) is 0 Å². The van der Waals surface area contributed by atoms with Crippen LogP contribution < -0.4 is 4.74 Å². The van der Waals surface area contributed by atoms with Crippen molar-refractivity contribution in [3.63, 3.8) is 0 Å². The molecule has 2 heterocycles. The molecule has 0 saturated heterocycles. The van der Waals surface area contributed by atoms with Crippen LogP contribution in [-0.4, -0.2) is 6.10 Å². The van der Waals surface area contributed by atoms with E-state index in [4.69, 9.17) is 9.15 Å². The molecule has 1 aliphatic heterocycles. The van der Waals surface area contributed by atoms with E-state index >= 15 is 0 Å². The molecule has 0 saturated carbocycles. The maximum Gasteiger partial charge on any atom is 0.139 e. The number of benzene rings is 5. The number of ether oxygens (including phenoxy) is 1. The fraction of sp³-hybridized carbons (Fsp3) is 0.0909. The van der Waals surface area contributed by atoms with Crippen LogP contribution >= 0.6 is 0 Å². The van der Waals surface area contributed by atoms with Crippen LogP contribution in [0.4, 0.5) is 0 Å². The first-order valence-corrected chi connectivity index (χ1v) is 12.2. The zero-order valence-corrected chi connectivity index (χ0v) is 19.5. The SMILES string of the molecule is CC1/C=C\C=C/Cc2ccc3oc4cc(-c5c6ccccc6cc6ccccc56)ccc4c3c2O1. The first-order chi connectivity index (χ1) is 17.3. The van der Waals surface area contributed by atoms with Crippen molar-refractivity contribution < 1.29 is 9.15 Å². The summed E-state index contributed by atoms with van der Waals surface area (Å²) in [7, 11) is 0. The van der Waals surface area contributed by atoms with Gasteiger partial charge in [-0.2, -0.15) is 0 Å². The summed E-state index contributed by atoms with van der Waals surface area (Å²) >= 11 is 0. The highest BCUT2D eigenvalue weighted by Gasteiger charge is 2.19. The summed E-state index contributed by atoms with van der Waals surface area (Å²) in [6.07, 6.45) is 9.21. The lowest BCUT2D eigenvalue weighted by Crippen LogP contribution is -2.09. The van der Waals surface area contributed by atoms with Crippen molar-refractivity contribution in [1.82, 2.24) is 0 Å². The van der Waals surface area contributed by atoms with Gasteiger partial charge in [-0.3, -0.25) is 0 Å². The fourth-order valence-electron chi connectivity index (χ4n) is 5.37. The van der Waals surface area contributed by atoms with E-state index in [0.717, 1.165) is 39.7 Å². The van der Waals surface area contributed by atoms with Crippen LogP contribution in [0.1, 0.15) is 12.5 Å². The van der Waals surface area contributed by atoms with E-state index in [9.17, 15) is 0 Å². The molecule has 1 aliphatic rings. The highest BCUT2D eigenvalue weighted by molar-refractivity contribution is 6.15. The van der Waals surface area contributed by atoms with Crippen molar-refractivity contribution in [3.05, 3.63) is 115 Å². The first-order valence-electron chi connectivity index (χ1n) is 12.2. The van der Waals surface area contributed by atoms with Crippen molar-refractivity contribution in [2.45, 2.75) is 19.4 Å². The van der Waals surface area contributed by atoms with Gasteiger partial charge in [0.25, 0.3) is 0 Å². The lowest BCUT2D eigenvalue weighted by Gasteiger charge is -2.15. The topological polar surface area (TPSA) is 22.4 Å². The molecule has 0 fully saturated rings. The van der Waals surface area contributed by atoms with E-state index < -0.39 is 0 Å². The van der Waals surface area contributed by atoms with E-state index in [0.29, 0.717) is 0 Å². The zero-order chi connectivity index (χ0) is 23.4. The molecular formula is C33H24O2. The summed E-state index contributed by atoms with van der Waals surface area (Å²) in [5.74, 6) is 0.924. The Hall–Kier alpha value is -4.30. The van der Waals surface area contributed by atoms with Crippen molar-refractivity contribution in [2.75, 3.05) is 0 Å². The Balaban J connectivity index is 1.50. The molecule has 6 aromatic rings. The fourth-order valence-corrected chi connectivity index (χ4v) is 5.37. The van der Waals surface area contributed by atoms with Gasteiger partial charge >= 0.3 is 0 Å². The molecule has 0 spiro atoms. The predicted molar refractivity (Wildman–Crippen MR) is 146 cm³/mol. The largest absolute Gasteiger partial charge is 0.486 e. The van der Waals surface area contributed by atoms with E-state index in [1.807, 2.05) is 0 Å². The molecule has 2 heteroatoms. The van der Waals surface area contributed by atoms with Crippen LogP contribution in [0.15, 0.2) is 114 Å². The summed E-state index contributed by atoms with van der Waals surface area (Å²) < 4.78 is 12.9. The Kier molecular flexibility index (Phi) is 4.53. The number of furan rings is 1. The highest BCUT2D eigenvalue weighted by atomic mass is 16.5. The number of rotatable bonds is 1. The summed E-state index contributed by atoms with van der Waals surface area (Å²) in [6.45, 7) is 2.07. The molecule has 1 unspecified atom stereocenters. The minimum atomic E-state index is -0.0200. The average Bonchev–Trinajstić information content (AvgIpc) is 3.29. The second kappa shape index (κ2) is 7.89. The minimum absolute atomic E-state index is 0.0200. The van der Waals surface area contributed by atoms with Crippen LogP contribution in [0.3, 0.4) is 0 Å². The van der Waals surface area contributed by atoms with Gasteiger partial charge in [-0.25, -0.2) is 0 Å². The molecule has 0 bridgehead atoms. The van der Waals surface area contributed by atoms with Gasteiger partial charge in [0.05, 0.1) is 5.39 Å². The Labute approximate surface area is 203 Å². The van der Waals surface area contributed by atoms with Crippen LogP contribution in [0, 0.1) is 0 Å². The smallest absolute Gasteiger partial charge is 0.139 e. The number of hydrogen-bond acceptors (Lipinski definition) is 2. The molecule has 1 aromatic heterocycles. The third-order valence-corrected chi connectivity index (χ3v) is 7.00. The molecule has 2 nitrogen and oxygen atoms in total. The Bertz CT molecular complexity index is 1760. The molecule has 0 aliphatic carbocycles. The predicted octanol–water partition coefficient (Wildman–Crippen LogP) is 9.00. The van der Waals surface area contributed by atoms with E-state index in [1.54, 1.807) is 0 Å². The molecule has 1 atom stereocenters. The Morgan fingerprint density at radius 3 is 2.29 bits per heavy atom. The number of allylic oxidation sites excluding steroid dienone is 3. The Morgan fingerprint density at radius 1 is 0.714 bits per heavy atom. The zero-order valence-electron chi connectivity index (χ0n) is 19.5. The van der Waals surface area contributed by atoms with Gasteiger partial charge in [0.1, 0.15) is 23.0 Å². The number of hydrogen-bond donors (Lipinski definition) is 0. The normalized spacial score (nSPS) is 17.6. The van der Waals surface area contributed by atoms with Gasteiger partial charge in [0, 0.05) is 5.39 Å². The van der Waals surface area contributed by atoms with Crippen LogP contribution in [0.25, 0.3) is 54.6 Å². The van der Waals surface area contributed by atoms with Gasteiger partial charge in [-0.05, 0) is 81.9 Å². The van der Waals surface area contributed by atoms with Crippen molar-refractivity contribution in [3.8, 4) is 16.9 Å². The third-order valence-electron chi connectivity index (χ3n) is 7.00. The minimum Gasteiger partial charge on any atom is -0.486 e. The molecule has 35 heavy (non-hydrogen) atoms. The van der Waals surface area contributed by atoms with Gasteiger partial charge in [-0.1, -0.05) is 78.9 Å². The summed E-state index contributed by atoms with van der Waals surface area (Å²) in [5, 5.41) is 7.13. The van der Waals surface area contributed by atoms with E-state index in [1.165, 1.54) is 32.7 Å². The lowest BCUT2D eigenvalue weighted by atomic mass is 9.91. The molecule has 7 rings (SSSR count). The van der Waals surface area contributed by atoms with Gasteiger partial charge < -0.3 is 9.15 Å². The first kappa shape index (κ1) is 20.1. The average molecular weight is 453 g/mol. The monoisotopic (exact) mass is 452 g/mol. The highest BCUT2D eigenvalue weighted by Crippen LogP contribution is 2.42. The molecule has 168 valence electrons. The summed E-state index contributed by atoms with van der Waals surface area (Å²) in [6, 6.07) is 30.3. The van der Waals surface area contributed by atoms with E-state index in [2.05, 4.69) is 116 Å². The van der Waals surface area contributed by atoms with Crippen molar-refractivity contribution >= 4 is 43.5 Å². The summed E-state index contributed by atoms with van der Waals surface area (Å²) in [5.41, 5.74) is 5.32. The Morgan fingerprint density at radius 2 is 1.49 bits per heavy atom. The van der Waals surface area contributed by atoms with Gasteiger partial charge in [-0.15, -0.1) is 0 Å². The quantitative estimate of drug-likeness (QED) is 0.232. The third kappa shape index (κ3) is 3.25. The van der Waals surface area contributed by atoms with Crippen LogP contribution in [-0.2, 0) is 6.42 Å². The van der Waals surface area contributed by atoms with E-state index in [-0.39, 0.29) is 6.10 Å². The number of fused-ring (bicyclic) bond motifs is 7. The van der Waals surface area contributed by atoms with Crippen molar-refractivity contribution in [2.24, 2.45) is 0 Å². The second-order valence-electron chi connectivity index (χ2n) is 9.27. The standard InChI is InChI=1S/C33H24O2/c1-21-9-3-2-4-10-22-16-18-29-32(33(22)34-21)28-17-15-25(20-30(28)35-29)31-26-13-7-5-11-23(26)19-24-12-6-8-14-27(24)31/h2-9,11-21H,10H2,1H3/b4-2-,9-3-. The van der Waals surface area contributed by atoms with Gasteiger partial charge in [0.15, 0.2) is 0 Å². The molecule has 0 radical (unpaired) electrons. The van der Waals surface area contributed by atoms with Crippen LogP contribution in [0.5, 0.6) is 5.75 Å². The van der Waals surface area contributed by atoms with Gasteiger partial charge in [0.2, 0.25) is 0 Å². The maximum atomic E-state index is 6.44. The lowest BCUT2D eigenvalue weighted by molar-refractivity contribution is 0.271.